The van der Waals surface area contributed by atoms with Crippen LogP contribution in [0.15, 0.2) is 54.6 Å². The first-order chi connectivity index (χ1) is 10.2. The second-order valence-corrected chi connectivity index (χ2v) is 5.17. The van der Waals surface area contributed by atoms with E-state index >= 15 is 0 Å². The van der Waals surface area contributed by atoms with Gasteiger partial charge in [0, 0.05) is 0 Å². The summed E-state index contributed by atoms with van der Waals surface area (Å²) in [6.07, 6.45) is 0. The van der Waals surface area contributed by atoms with Crippen molar-refractivity contribution in [3.63, 3.8) is 0 Å². The van der Waals surface area contributed by atoms with Crippen LogP contribution in [0.4, 0.5) is 0 Å². The minimum absolute atomic E-state index is 0.0520. The second kappa shape index (κ2) is 5.40. The normalized spacial score (nSPS) is 10.9. The molecule has 0 fully saturated rings. The summed E-state index contributed by atoms with van der Waals surface area (Å²) in [4.78, 5) is 11.5. The standard InChI is InChI=1S/C17H17N3O/c1-13(21)11-19-15-9-5-6-10-16(15)20(17(19)18)12-14-7-3-2-4-8-14/h2-10,18H,11-12H2,1H3. The van der Waals surface area contributed by atoms with E-state index in [2.05, 4.69) is 0 Å². The molecule has 1 N–H and O–H groups in total. The fourth-order valence-corrected chi connectivity index (χ4v) is 2.60. The third-order valence-corrected chi connectivity index (χ3v) is 3.54. The zero-order valence-corrected chi connectivity index (χ0v) is 11.9. The summed E-state index contributed by atoms with van der Waals surface area (Å²) in [6.45, 7) is 2.42. The second-order valence-electron chi connectivity index (χ2n) is 5.17. The Morgan fingerprint density at radius 3 is 2.14 bits per heavy atom. The number of aromatic nitrogens is 2. The lowest BCUT2D eigenvalue weighted by atomic mass is 10.2. The molecule has 106 valence electrons. The van der Waals surface area contributed by atoms with E-state index in [4.69, 9.17) is 5.41 Å². The maximum atomic E-state index is 11.5. The first kappa shape index (κ1) is 13.4. The smallest absolute Gasteiger partial charge is 0.203 e. The molecule has 3 rings (SSSR count). The van der Waals surface area contributed by atoms with E-state index < -0.39 is 0 Å². The van der Waals surface area contributed by atoms with Gasteiger partial charge in [-0.3, -0.25) is 10.2 Å². The summed E-state index contributed by atoms with van der Waals surface area (Å²) in [5.74, 6) is 0.0520. The Balaban J connectivity index is 2.16. The number of benzene rings is 2. The molecule has 0 aliphatic carbocycles. The molecule has 0 bridgehead atoms. The van der Waals surface area contributed by atoms with Crippen LogP contribution in [0.5, 0.6) is 0 Å². The predicted molar refractivity (Wildman–Crippen MR) is 82.0 cm³/mol. The highest BCUT2D eigenvalue weighted by molar-refractivity contribution is 5.80. The van der Waals surface area contributed by atoms with Crippen LogP contribution in [0, 0.1) is 5.41 Å². The van der Waals surface area contributed by atoms with Crippen molar-refractivity contribution in [2.24, 2.45) is 0 Å². The monoisotopic (exact) mass is 279 g/mol. The topological polar surface area (TPSA) is 50.8 Å². The molecule has 2 aromatic carbocycles. The van der Waals surface area contributed by atoms with Crippen molar-refractivity contribution in [2.45, 2.75) is 20.0 Å². The zero-order valence-electron chi connectivity index (χ0n) is 11.9. The molecule has 0 radical (unpaired) electrons. The Bertz CT molecular complexity index is 843. The number of nitrogens with zero attached hydrogens (tertiary/aromatic N) is 2. The number of Topliss-reactive ketones (excluding diaryl/α,β-unsaturated/α-hetero) is 1. The van der Waals surface area contributed by atoms with Gasteiger partial charge in [0.15, 0.2) is 0 Å². The van der Waals surface area contributed by atoms with Crippen molar-refractivity contribution in [1.82, 2.24) is 9.13 Å². The Kier molecular flexibility index (Phi) is 3.44. The van der Waals surface area contributed by atoms with Crippen LogP contribution in [-0.2, 0) is 17.9 Å². The van der Waals surface area contributed by atoms with E-state index in [1.165, 1.54) is 0 Å². The van der Waals surface area contributed by atoms with Crippen molar-refractivity contribution < 1.29 is 4.79 Å². The fraction of sp³-hybridized carbons (Fsp3) is 0.176. The van der Waals surface area contributed by atoms with Crippen LogP contribution in [0.2, 0.25) is 0 Å². The van der Waals surface area contributed by atoms with Gasteiger partial charge in [0.25, 0.3) is 0 Å². The van der Waals surface area contributed by atoms with Gasteiger partial charge in [0.1, 0.15) is 5.78 Å². The van der Waals surface area contributed by atoms with E-state index in [0.29, 0.717) is 12.2 Å². The number of carbonyl (C=O) groups is 1. The largest absolute Gasteiger partial charge is 0.306 e. The maximum absolute atomic E-state index is 11.5. The molecule has 1 aromatic heterocycles. The Morgan fingerprint density at radius 2 is 1.52 bits per heavy atom. The molecule has 0 unspecified atom stereocenters. The van der Waals surface area contributed by atoms with Gasteiger partial charge in [-0.25, -0.2) is 0 Å². The molecule has 1 heterocycles. The quantitative estimate of drug-likeness (QED) is 0.784. The van der Waals surface area contributed by atoms with Crippen molar-refractivity contribution in [3.8, 4) is 0 Å². The highest BCUT2D eigenvalue weighted by Crippen LogP contribution is 2.14. The van der Waals surface area contributed by atoms with Gasteiger partial charge < -0.3 is 9.13 Å². The van der Waals surface area contributed by atoms with Gasteiger partial charge >= 0.3 is 0 Å². The molecular weight excluding hydrogens is 262 g/mol. The Hall–Kier alpha value is -2.62. The minimum atomic E-state index is 0.0520. The number of hydrogen-bond donors (Lipinski definition) is 1. The molecular formula is C17H17N3O. The Morgan fingerprint density at radius 1 is 0.952 bits per heavy atom. The molecule has 0 saturated heterocycles. The number of ketones is 1. The molecule has 0 spiro atoms. The molecule has 4 nitrogen and oxygen atoms in total. The number of fused-ring (bicyclic) bond motifs is 1. The number of para-hydroxylation sites is 2. The molecule has 0 aliphatic heterocycles. The summed E-state index contributed by atoms with van der Waals surface area (Å²) in [5, 5.41) is 8.39. The van der Waals surface area contributed by atoms with Crippen molar-refractivity contribution in [1.29, 1.82) is 5.41 Å². The fourth-order valence-electron chi connectivity index (χ4n) is 2.60. The summed E-state index contributed by atoms with van der Waals surface area (Å²) in [6, 6.07) is 17.9. The first-order valence-corrected chi connectivity index (χ1v) is 6.93. The summed E-state index contributed by atoms with van der Waals surface area (Å²) in [7, 11) is 0. The van der Waals surface area contributed by atoms with Crippen molar-refractivity contribution >= 4 is 16.8 Å². The van der Waals surface area contributed by atoms with Gasteiger partial charge in [-0.2, -0.15) is 0 Å². The van der Waals surface area contributed by atoms with Gasteiger partial charge in [0.2, 0.25) is 5.62 Å². The number of imidazole rings is 1. The van der Waals surface area contributed by atoms with E-state index in [0.717, 1.165) is 16.6 Å². The van der Waals surface area contributed by atoms with Crippen molar-refractivity contribution in [2.75, 3.05) is 0 Å². The van der Waals surface area contributed by atoms with E-state index in [-0.39, 0.29) is 12.3 Å². The van der Waals surface area contributed by atoms with E-state index in [1.54, 1.807) is 11.5 Å². The Labute approximate surface area is 122 Å². The summed E-state index contributed by atoms with van der Waals surface area (Å²) in [5.41, 5.74) is 3.40. The van der Waals surface area contributed by atoms with E-state index in [9.17, 15) is 4.79 Å². The van der Waals surface area contributed by atoms with Crippen LogP contribution in [0.1, 0.15) is 12.5 Å². The van der Waals surface area contributed by atoms with Gasteiger partial charge in [-0.05, 0) is 24.6 Å². The van der Waals surface area contributed by atoms with Gasteiger partial charge in [-0.15, -0.1) is 0 Å². The van der Waals surface area contributed by atoms with Crippen LogP contribution in [-0.4, -0.2) is 14.9 Å². The number of hydrogen-bond acceptors (Lipinski definition) is 2. The molecule has 0 atom stereocenters. The molecule has 21 heavy (non-hydrogen) atoms. The molecule has 0 aliphatic rings. The van der Waals surface area contributed by atoms with Gasteiger partial charge in [0.05, 0.1) is 24.1 Å². The minimum Gasteiger partial charge on any atom is -0.306 e. The summed E-state index contributed by atoms with van der Waals surface area (Å²) < 4.78 is 3.70. The third kappa shape index (κ3) is 2.52. The van der Waals surface area contributed by atoms with Gasteiger partial charge in [-0.1, -0.05) is 42.5 Å². The lowest BCUT2D eigenvalue weighted by Gasteiger charge is -2.04. The molecule has 0 saturated carbocycles. The van der Waals surface area contributed by atoms with E-state index in [1.807, 2.05) is 59.2 Å². The molecule has 0 amide bonds. The SMILES string of the molecule is CC(=O)Cn1c(=N)n(Cc2ccccc2)c2ccccc21. The average Bonchev–Trinajstić information content (AvgIpc) is 2.74. The maximum Gasteiger partial charge on any atom is 0.203 e. The lowest BCUT2D eigenvalue weighted by Crippen LogP contribution is -2.27. The van der Waals surface area contributed by atoms with Crippen molar-refractivity contribution in [3.05, 3.63) is 65.8 Å². The third-order valence-electron chi connectivity index (χ3n) is 3.54. The zero-order chi connectivity index (χ0) is 14.8. The highest BCUT2D eigenvalue weighted by atomic mass is 16.1. The number of nitrogens with one attached hydrogen (secondary N) is 1. The number of carbonyl (C=O) groups excluding carboxylic acids is 1. The first-order valence-electron chi connectivity index (χ1n) is 6.93. The van der Waals surface area contributed by atoms with Crippen LogP contribution >= 0.6 is 0 Å². The lowest BCUT2D eigenvalue weighted by molar-refractivity contribution is -0.117. The van der Waals surface area contributed by atoms with Crippen LogP contribution in [0.3, 0.4) is 0 Å². The number of rotatable bonds is 4. The highest BCUT2D eigenvalue weighted by Gasteiger charge is 2.11. The summed E-state index contributed by atoms with van der Waals surface area (Å²) >= 11 is 0. The average molecular weight is 279 g/mol. The molecule has 4 heteroatoms. The predicted octanol–water partition coefficient (Wildman–Crippen LogP) is 2.56. The molecule has 3 aromatic rings. The van der Waals surface area contributed by atoms with Crippen LogP contribution < -0.4 is 5.62 Å². The van der Waals surface area contributed by atoms with Crippen LogP contribution in [0.25, 0.3) is 11.0 Å².